The van der Waals surface area contributed by atoms with Crippen LogP contribution in [0.5, 0.6) is 0 Å². The van der Waals surface area contributed by atoms with Gasteiger partial charge in [0.25, 0.3) is 10.0 Å². The van der Waals surface area contributed by atoms with Crippen LogP contribution < -0.4 is 10.0 Å². The minimum atomic E-state index is -4.02. The van der Waals surface area contributed by atoms with E-state index in [4.69, 9.17) is 0 Å². The van der Waals surface area contributed by atoms with Gasteiger partial charge in [-0.3, -0.25) is 9.29 Å². The Morgan fingerprint density at radius 3 is 2.45 bits per heavy atom. The van der Waals surface area contributed by atoms with E-state index in [1.54, 1.807) is 53.6 Å². The fraction of sp³-hybridized carbons (Fsp3) is 0. The number of nitrogens with zero attached hydrogens (tertiary/aromatic N) is 4. The zero-order chi connectivity index (χ0) is 20.3. The zero-order valence-electron chi connectivity index (χ0n) is 14.9. The lowest BCUT2D eigenvalue weighted by atomic mass is 10.3. The summed E-state index contributed by atoms with van der Waals surface area (Å²) in [4.78, 5) is 11.9. The van der Waals surface area contributed by atoms with Gasteiger partial charge in [-0.15, -0.1) is 0 Å². The van der Waals surface area contributed by atoms with Crippen molar-refractivity contribution in [2.75, 3.05) is 10.0 Å². The summed E-state index contributed by atoms with van der Waals surface area (Å²) in [6.45, 7) is 0. The molecule has 146 valence electrons. The third-order valence-electron chi connectivity index (χ3n) is 3.96. The van der Waals surface area contributed by atoms with Crippen molar-refractivity contribution in [3.05, 3.63) is 85.5 Å². The van der Waals surface area contributed by atoms with Gasteiger partial charge in [0.15, 0.2) is 0 Å². The van der Waals surface area contributed by atoms with E-state index < -0.39 is 20.7 Å². The van der Waals surface area contributed by atoms with Gasteiger partial charge in [0.2, 0.25) is 0 Å². The highest BCUT2D eigenvalue weighted by molar-refractivity contribution is 7.92. The second-order valence-electron chi connectivity index (χ2n) is 5.97. The van der Waals surface area contributed by atoms with Crippen LogP contribution in [0.2, 0.25) is 0 Å². The van der Waals surface area contributed by atoms with Crippen LogP contribution in [0.15, 0.2) is 84.5 Å². The number of rotatable bonds is 6. The Bertz CT molecular complexity index is 1230. The largest absolute Gasteiger partial charge is 0.340 e. The number of aromatic nitrogens is 4. The van der Waals surface area contributed by atoms with E-state index in [0.717, 1.165) is 6.07 Å². The van der Waals surface area contributed by atoms with Crippen LogP contribution in [-0.2, 0) is 10.0 Å². The first-order chi connectivity index (χ1) is 14.0. The van der Waals surface area contributed by atoms with Crippen LogP contribution >= 0.6 is 0 Å². The monoisotopic (exact) mass is 410 g/mol. The summed E-state index contributed by atoms with van der Waals surface area (Å²) in [5.41, 5.74) is 0.995. The number of imidazole rings is 1. The van der Waals surface area contributed by atoms with Gasteiger partial charge in [0.1, 0.15) is 35.0 Å². The molecule has 2 N–H and O–H groups in total. The quantitative estimate of drug-likeness (QED) is 0.505. The van der Waals surface area contributed by atoms with Gasteiger partial charge in [-0.2, -0.15) is 0 Å². The number of benzene rings is 2. The highest BCUT2D eigenvalue weighted by atomic mass is 32.2. The lowest BCUT2D eigenvalue weighted by Gasteiger charge is -2.10. The summed E-state index contributed by atoms with van der Waals surface area (Å²) in [5.74, 6) is 0.397. The molecule has 2 aromatic carbocycles. The third kappa shape index (κ3) is 4.22. The number of halogens is 1. The number of sulfonamides is 1. The average molecular weight is 410 g/mol. The van der Waals surface area contributed by atoms with Gasteiger partial charge in [-0.1, -0.05) is 12.1 Å². The first kappa shape index (κ1) is 18.6. The number of hydrogen-bond acceptors (Lipinski definition) is 6. The molecule has 0 spiro atoms. The Balaban J connectivity index is 1.49. The van der Waals surface area contributed by atoms with Crippen LogP contribution in [0.3, 0.4) is 0 Å². The smallest absolute Gasteiger partial charge is 0.264 e. The molecule has 4 aromatic rings. The van der Waals surface area contributed by atoms with Crippen LogP contribution in [0.4, 0.5) is 21.6 Å². The van der Waals surface area contributed by atoms with Gasteiger partial charge < -0.3 is 5.32 Å². The van der Waals surface area contributed by atoms with Crippen molar-refractivity contribution in [2.24, 2.45) is 0 Å². The van der Waals surface area contributed by atoms with E-state index in [2.05, 4.69) is 25.0 Å². The number of hydrogen-bond donors (Lipinski definition) is 2. The molecule has 0 amide bonds. The summed E-state index contributed by atoms with van der Waals surface area (Å²) in [7, 11) is -4.02. The van der Waals surface area contributed by atoms with Crippen molar-refractivity contribution < 1.29 is 12.8 Å². The van der Waals surface area contributed by atoms with Gasteiger partial charge in [0.05, 0.1) is 0 Å². The van der Waals surface area contributed by atoms with E-state index in [1.165, 1.54) is 24.5 Å². The lowest BCUT2D eigenvalue weighted by molar-refractivity contribution is 0.570. The van der Waals surface area contributed by atoms with Crippen LogP contribution in [0.25, 0.3) is 5.82 Å². The number of anilines is 3. The summed E-state index contributed by atoms with van der Waals surface area (Å²) in [6.07, 6.45) is 6.47. The predicted molar refractivity (Wildman–Crippen MR) is 106 cm³/mol. The topological polar surface area (TPSA) is 102 Å². The fourth-order valence-electron chi connectivity index (χ4n) is 2.59. The van der Waals surface area contributed by atoms with Crippen molar-refractivity contribution in [1.82, 2.24) is 19.5 Å². The molecule has 2 aromatic heterocycles. The Hall–Kier alpha value is -3.79. The summed E-state index contributed by atoms with van der Waals surface area (Å²) in [5, 5.41) is 3.12. The summed E-state index contributed by atoms with van der Waals surface area (Å²) >= 11 is 0. The molecule has 2 heterocycles. The molecule has 0 aliphatic heterocycles. The molecule has 0 saturated heterocycles. The van der Waals surface area contributed by atoms with E-state index in [9.17, 15) is 12.8 Å². The molecule has 0 aliphatic carbocycles. The summed E-state index contributed by atoms with van der Waals surface area (Å²) in [6, 6.07) is 13.4. The molecule has 0 saturated carbocycles. The fourth-order valence-corrected chi connectivity index (χ4v) is 3.73. The van der Waals surface area contributed by atoms with Crippen molar-refractivity contribution in [3.63, 3.8) is 0 Å². The van der Waals surface area contributed by atoms with Crippen LogP contribution in [-0.4, -0.2) is 27.9 Å². The maximum Gasteiger partial charge on any atom is 0.264 e. The number of nitrogens with one attached hydrogen (secondary N) is 2. The molecular weight excluding hydrogens is 395 g/mol. The minimum absolute atomic E-state index is 0.306. The molecule has 0 fully saturated rings. The van der Waals surface area contributed by atoms with Crippen molar-refractivity contribution in [2.45, 2.75) is 4.90 Å². The first-order valence-electron chi connectivity index (χ1n) is 8.46. The molecule has 10 heteroatoms. The highest BCUT2D eigenvalue weighted by Gasteiger charge is 2.18. The van der Waals surface area contributed by atoms with E-state index >= 15 is 0 Å². The Morgan fingerprint density at radius 1 is 0.966 bits per heavy atom. The van der Waals surface area contributed by atoms with E-state index in [-0.39, 0.29) is 0 Å². The second kappa shape index (κ2) is 7.68. The molecule has 29 heavy (non-hydrogen) atoms. The van der Waals surface area contributed by atoms with Crippen LogP contribution in [0.1, 0.15) is 0 Å². The zero-order valence-corrected chi connectivity index (χ0v) is 15.7. The van der Waals surface area contributed by atoms with Gasteiger partial charge in [0, 0.05) is 29.8 Å². The van der Waals surface area contributed by atoms with Gasteiger partial charge in [-0.25, -0.2) is 27.8 Å². The Morgan fingerprint density at radius 2 is 1.72 bits per heavy atom. The Kier molecular flexibility index (Phi) is 4.92. The molecule has 8 nitrogen and oxygen atoms in total. The molecule has 0 bridgehead atoms. The van der Waals surface area contributed by atoms with Gasteiger partial charge in [-0.05, 0) is 36.4 Å². The molecule has 0 atom stereocenters. The first-order valence-corrected chi connectivity index (χ1v) is 9.94. The maximum atomic E-state index is 13.8. The highest BCUT2D eigenvalue weighted by Crippen LogP contribution is 2.22. The van der Waals surface area contributed by atoms with Crippen molar-refractivity contribution in [1.29, 1.82) is 0 Å². The van der Waals surface area contributed by atoms with Crippen LogP contribution in [0, 0.1) is 5.82 Å². The Labute approximate surface area is 166 Å². The van der Waals surface area contributed by atoms with Crippen molar-refractivity contribution in [3.8, 4) is 5.82 Å². The molecule has 4 rings (SSSR count). The SMILES string of the molecule is O=S(=O)(Nc1ccc(Nc2cc(-n3ccnc3)ncn2)cc1)c1ccccc1F. The lowest BCUT2D eigenvalue weighted by Crippen LogP contribution is -2.14. The standard InChI is InChI=1S/C19H15FN6O2S/c20-16-3-1-2-4-17(16)29(27,28)25-15-7-5-14(6-8-15)24-18-11-19(23-12-22-18)26-10-9-21-13-26/h1-13,25H,(H,22,23,24). The molecular formula is C19H15FN6O2S. The third-order valence-corrected chi connectivity index (χ3v) is 5.37. The summed E-state index contributed by atoms with van der Waals surface area (Å²) < 4.78 is 42.6. The van der Waals surface area contributed by atoms with E-state index in [0.29, 0.717) is 23.0 Å². The van der Waals surface area contributed by atoms with Gasteiger partial charge >= 0.3 is 0 Å². The minimum Gasteiger partial charge on any atom is -0.340 e. The average Bonchev–Trinajstić information content (AvgIpc) is 3.25. The van der Waals surface area contributed by atoms with Crippen molar-refractivity contribution >= 4 is 27.2 Å². The normalized spacial score (nSPS) is 11.2. The molecule has 0 unspecified atom stereocenters. The second-order valence-corrected chi connectivity index (χ2v) is 7.62. The molecule has 0 radical (unpaired) electrons. The maximum absolute atomic E-state index is 13.8. The molecule has 0 aliphatic rings. The predicted octanol–water partition coefficient (Wildman–Crippen LogP) is 3.35. The van der Waals surface area contributed by atoms with E-state index in [1.807, 2.05) is 0 Å².